The fraction of sp³-hybridized carbons (Fsp3) is 0.190. The first-order valence-electron chi connectivity index (χ1n) is 8.47. The molecule has 0 amide bonds. The number of aromatic carboxylic acids is 1. The molecule has 2 aromatic carbocycles. The molecule has 5 nitrogen and oxygen atoms in total. The third-order valence-corrected chi connectivity index (χ3v) is 4.90. The highest BCUT2D eigenvalue weighted by molar-refractivity contribution is 6.31. The van der Waals surface area contributed by atoms with Crippen LogP contribution >= 0.6 is 11.6 Å². The molecule has 3 rings (SSSR count). The maximum Gasteiger partial charge on any atom is 0.335 e. The minimum Gasteiger partial charge on any atom is -0.478 e. The van der Waals surface area contributed by atoms with Gasteiger partial charge >= 0.3 is 5.97 Å². The molecule has 0 unspecified atom stereocenters. The Balaban J connectivity index is 1.83. The van der Waals surface area contributed by atoms with Crippen LogP contribution in [0.2, 0.25) is 5.02 Å². The van der Waals surface area contributed by atoms with Crippen molar-refractivity contribution in [2.45, 2.75) is 26.8 Å². The van der Waals surface area contributed by atoms with Gasteiger partial charge in [-0.1, -0.05) is 29.8 Å². The SMILES string of the molecule is Cc1nn(CCc2ccc(C(=O)O)cc2)c(C)c1-c1ccc(Cl)c(C#N)c1. The third kappa shape index (κ3) is 3.86. The van der Waals surface area contributed by atoms with Gasteiger partial charge in [0.15, 0.2) is 0 Å². The molecule has 136 valence electrons. The number of hydrogen-bond acceptors (Lipinski definition) is 3. The predicted molar refractivity (Wildman–Crippen MR) is 104 cm³/mol. The molecule has 3 aromatic rings. The largest absolute Gasteiger partial charge is 0.478 e. The molecule has 0 spiro atoms. The molecule has 0 bridgehead atoms. The first-order valence-corrected chi connectivity index (χ1v) is 8.84. The van der Waals surface area contributed by atoms with Gasteiger partial charge < -0.3 is 5.11 Å². The van der Waals surface area contributed by atoms with Gasteiger partial charge in [0.05, 0.1) is 21.8 Å². The molecule has 27 heavy (non-hydrogen) atoms. The van der Waals surface area contributed by atoms with Crippen LogP contribution in [0, 0.1) is 25.2 Å². The molecule has 0 saturated heterocycles. The van der Waals surface area contributed by atoms with Crippen LogP contribution in [0.4, 0.5) is 0 Å². The second-order valence-electron chi connectivity index (χ2n) is 6.33. The van der Waals surface area contributed by atoms with Crippen LogP contribution in [0.25, 0.3) is 11.1 Å². The van der Waals surface area contributed by atoms with Crippen molar-refractivity contribution in [1.82, 2.24) is 9.78 Å². The standard InChI is InChI=1S/C21H18ClN3O2/c1-13-20(17-7-8-19(22)18(11-17)12-23)14(2)25(24-13)10-9-15-3-5-16(6-4-15)21(26)27/h3-8,11H,9-10H2,1-2H3,(H,26,27). The van der Waals surface area contributed by atoms with Gasteiger partial charge in [-0.05, 0) is 55.7 Å². The number of carboxylic acid groups (broad SMARTS) is 1. The molecule has 0 saturated carbocycles. The van der Waals surface area contributed by atoms with E-state index >= 15 is 0 Å². The van der Waals surface area contributed by atoms with E-state index in [1.807, 2.05) is 36.7 Å². The maximum absolute atomic E-state index is 10.9. The van der Waals surface area contributed by atoms with Crippen LogP contribution in [0.3, 0.4) is 0 Å². The minimum atomic E-state index is -0.926. The second kappa shape index (κ2) is 7.65. The maximum atomic E-state index is 10.9. The van der Waals surface area contributed by atoms with Crippen molar-refractivity contribution in [1.29, 1.82) is 5.26 Å². The highest BCUT2D eigenvalue weighted by Crippen LogP contribution is 2.30. The zero-order chi connectivity index (χ0) is 19.6. The second-order valence-corrected chi connectivity index (χ2v) is 6.73. The van der Waals surface area contributed by atoms with Crippen LogP contribution in [0.1, 0.15) is 32.9 Å². The number of hydrogen-bond donors (Lipinski definition) is 1. The number of aryl methyl sites for hydroxylation is 3. The third-order valence-electron chi connectivity index (χ3n) is 4.57. The summed E-state index contributed by atoms with van der Waals surface area (Å²) >= 11 is 6.04. The van der Waals surface area contributed by atoms with E-state index in [0.29, 0.717) is 17.1 Å². The van der Waals surface area contributed by atoms with Crippen molar-refractivity contribution >= 4 is 17.6 Å². The molecule has 1 aromatic heterocycles. The molecule has 6 heteroatoms. The highest BCUT2D eigenvalue weighted by Gasteiger charge is 2.15. The average Bonchev–Trinajstić information content (AvgIpc) is 2.94. The molecule has 0 radical (unpaired) electrons. The van der Waals surface area contributed by atoms with E-state index in [9.17, 15) is 10.1 Å². The van der Waals surface area contributed by atoms with Gasteiger partial charge in [-0.3, -0.25) is 4.68 Å². The summed E-state index contributed by atoms with van der Waals surface area (Å²) in [5, 5.41) is 23.2. The van der Waals surface area contributed by atoms with Gasteiger partial charge in [-0.2, -0.15) is 10.4 Å². The van der Waals surface area contributed by atoms with E-state index in [1.165, 1.54) is 0 Å². The average molecular weight is 380 g/mol. The van der Waals surface area contributed by atoms with E-state index in [0.717, 1.165) is 34.5 Å². The van der Waals surface area contributed by atoms with Crippen molar-refractivity contribution in [3.8, 4) is 17.2 Å². The number of nitrogens with zero attached hydrogens (tertiary/aromatic N) is 3. The van der Waals surface area contributed by atoms with Crippen molar-refractivity contribution < 1.29 is 9.90 Å². The Morgan fingerprint density at radius 2 is 1.93 bits per heavy atom. The Bertz CT molecular complexity index is 1050. The Labute approximate surface area is 162 Å². The minimum absolute atomic E-state index is 0.281. The number of carboxylic acids is 1. The lowest BCUT2D eigenvalue weighted by atomic mass is 10.0. The molecular formula is C21H18ClN3O2. The van der Waals surface area contributed by atoms with E-state index < -0.39 is 5.97 Å². The Morgan fingerprint density at radius 1 is 1.22 bits per heavy atom. The molecule has 1 N–H and O–H groups in total. The van der Waals surface area contributed by atoms with Crippen LogP contribution in [-0.4, -0.2) is 20.9 Å². The fourth-order valence-corrected chi connectivity index (χ4v) is 3.31. The molecule has 0 aliphatic rings. The summed E-state index contributed by atoms with van der Waals surface area (Å²) in [5.74, 6) is -0.926. The molecule has 0 aliphatic heterocycles. The first kappa shape index (κ1) is 18.7. The quantitative estimate of drug-likeness (QED) is 0.700. The lowest BCUT2D eigenvalue weighted by Crippen LogP contribution is -2.06. The van der Waals surface area contributed by atoms with Crippen molar-refractivity contribution in [3.63, 3.8) is 0 Å². The Kier molecular flexibility index (Phi) is 5.29. The van der Waals surface area contributed by atoms with Crippen molar-refractivity contribution in [2.75, 3.05) is 0 Å². The topological polar surface area (TPSA) is 78.9 Å². The van der Waals surface area contributed by atoms with Crippen LogP contribution in [0.5, 0.6) is 0 Å². The normalized spacial score (nSPS) is 10.6. The lowest BCUT2D eigenvalue weighted by Gasteiger charge is -2.07. The molecule has 1 heterocycles. The summed E-state index contributed by atoms with van der Waals surface area (Å²) < 4.78 is 1.94. The number of benzene rings is 2. The van der Waals surface area contributed by atoms with Gasteiger partial charge in [0, 0.05) is 17.8 Å². The monoisotopic (exact) mass is 379 g/mol. The number of carbonyl (C=O) groups is 1. The van der Waals surface area contributed by atoms with Crippen molar-refractivity contribution in [3.05, 3.63) is 75.6 Å². The van der Waals surface area contributed by atoms with Crippen LogP contribution < -0.4 is 0 Å². The van der Waals surface area contributed by atoms with Crippen LogP contribution in [-0.2, 0) is 13.0 Å². The zero-order valence-corrected chi connectivity index (χ0v) is 15.8. The highest BCUT2D eigenvalue weighted by atomic mass is 35.5. The predicted octanol–water partition coefficient (Wildman–Crippen LogP) is 4.63. The van der Waals surface area contributed by atoms with Gasteiger partial charge in [0.25, 0.3) is 0 Å². The van der Waals surface area contributed by atoms with Crippen LogP contribution in [0.15, 0.2) is 42.5 Å². The van der Waals surface area contributed by atoms with E-state index in [4.69, 9.17) is 16.7 Å². The zero-order valence-electron chi connectivity index (χ0n) is 15.0. The fourth-order valence-electron chi connectivity index (χ4n) is 3.15. The smallest absolute Gasteiger partial charge is 0.335 e. The van der Waals surface area contributed by atoms with Gasteiger partial charge in [-0.15, -0.1) is 0 Å². The lowest BCUT2D eigenvalue weighted by molar-refractivity contribution is 0.0697. The summed E-state index contributed by atoms with van der Waals surface area (Å²) in [6, 6.07) is 14.4. The van der Waals surface area contributed by atoms with E-state index in [2.05, 4.69) is 11.2 Å². The Morgan fingerprint density at radius 3 is 2.56 bits per heavy atom. The Hall–Kier alpha value is -3.10. The first-order chi connectivity index (χ1) is 12.9. The van der Waals surface area contributed by atoms with Gasteiger partial charge in [0.1, 0.15) is 6.07 Å². The molecular weight excluding hydrogens is 362 g/mol. The van der Waals surface area contributed by atoms with Crippen molar-refractivity contribution in [2.24, 2.45) is 0 Å². The summed E-state index contributed by atoms with van der Waals surface area (Å²) in [6.07, 6.45) is 0.741. The van der Waals surface area contributed by atoms with E-state index in [-0.39, 0.29) is 5.56 Å². The molecule has 0 fully saturated rings. The number of rotatable bonds is 5. The summed E-state index contributed by atoms with van der Waals surface area (Å²) in [5.41, 5.74) is 5.60. The number of aromatic nitrogens is 2. The number of halogens is 1. The van der Waals surface area contributed by atoms with E-state index in [1.54, 1.807) is 24.3 Å². The summed E-state index contributed by atoms with van der Waals surface area (Å²) in [6.45, 7) is 4.63. The molecule has 0 atom stereocenters. The summed E-state index contributed by atoms with van der Waals surface area (Å²) in [7, 11) is 0. The van der Waals surface area contributed by atoms with Gasteiger partial charge in [0.2, 0.25) is 0 Å². The summed E-state index contributed by atoms with van der Waals surface area (Å²) in [4.78, 5) is 10.9. The molecule has 0 aliphatic carbocycles. The number of nitriles is 1. The van der Waals surface area contributed by atoms with Gasteiger partial charge in [-0.25, -0.2) is 4.79 Å².